The topological polar surface area (TPSA) is 174 Å². The van der Waals surface area contributed by atoms with Crippen LogP contribution in [0, 0.1) is 0 Å². The molecule has 11 nitrogen and oxygen atoms in total. The highest BCUT2D eigenvalue weighted by molar-refractivity contribution is 5.90. The molecule has 0 saturated carbocycles. The molecule has 0 aliphatic heterocycles. The van der Waals surface area contributed by atoms with Gasteiger partial charge in [-0.3, -0.25) is 9.59 Å². The zero-order valence-electron chi connectivity index (χ0n) is 17.2. The Hall–Kier alpha value is -4.64. The van der Waals surface area contributed by atoms with Crippen molar-refractivity contribution in [3.05, 3.63) is 80.5 Å². The van der Waals surface area contributed by atoms with Crippen LogP contribution < -0.4 is 20.3 Å². The molecule has 174 valence electrons. The number of carboxylic acid groups (broad SMARTS) is 2. The lowest BCUT2D eigenvalue weighted by atomic mass is 10.2. The molecular weight excluding hydrogens is 456 g/mol. The fraction of sp³-hybridized carbons (Fsp3) is 0.130. The van der Waals surface area contributed by atoms with Gasteiger partial charge in [0.05, 0.1) is 0 Å². The minimum absolute atomic E-state index is 0.0105. The molecule has 34 heavy (non-hydrogen) atoms. The summed E-state index contributed by atoms with van der Waals surface area (Å²) in [5.74, 6) is -3.65. The SMILES string of the molecule is O=c1c[13c]([13C](=O)O)oc2cccc(OCC(O)COc3cccc4o[13c]([13C](=O)O)cc(=O)c34)c12. The Labute approximate surface area is 189 Å². The highest BCUT2D eigenvalue weighted by Gasteiger charge is 2.17. The van der Waals surface area contributed by atoms with Crippen LogP contribution in [0.2, 0.25) is 0 Å². The molecule has 4 rings (SSSR count). The predicted octanol–water partition coefficient (Wildman–Crippen LogP) is 2.11. The fourth-order valence-electron chi connectivity index (χ4n) is 3.23. The summed E-state index contributed by atoms with van der Waals surface area (Å²) < 4.78 is 21.4. The fourth-order valence-corrected chi connectivity index (χ4v) is 3.23. The predicted molar refractivity (Wildman–Crippen MR) is 116 cm³/mol. The van der Waals surface area contributed by atoms with E-state index >= 15 is 0 Å². The third kappa shape index (κ3) is 4.45. The number of aliphatic hydroxyl groups is 1. The second kappa shape index (κ2) is 9.08. The number of rotatable bonds is 8. The van der Waals surface area contributed by atoms with E-state index < -0.39 is 40.4 Å². The number of hydrogen-bond acceptors (Lipinski definition) is 9. The Balaban J connectivity index is 1.49. The van der Waals surface area contributed by atoms with Crippen LogP contribution in [-0.2, 0) is 0 Å². The maximum Gasteiger partial charge on any atom is 0.371 e. The quantitative estimate of drug-likeness (QED) is 0.320. The average molecular weight is 472 g/mol. The first-order valence-corrected chi connectivity index (χ1v) is 9.78. The maximum absolute atomic E-state index is 12.3. The molecule has 3 N–H and O–H groups in total. The monoisotopic (exact) mass is 472 g/mol. The lowest BCUT2D eigenvalue weighted by molar-refractivity contribution is 0.0636. The van der Waals surface area contributed by atoms with E-state index in [1.165, 1.54) is 36.4 Å². The largest absolute Gasteiger partial charge is 0.490 e. The van der Waals surface area contributed by atoms with Crippen molar-refractivity contribution >= 4 is 33.9 Å². The van der Waals surface area contributed by atoms with E-state index in [-0.39, 0.29) is 46.7 Å². The summed E-state index contributed by atoms with van der Waals surface area (Å²) in [5, 5.41) is 28.4. The molecule has 0 radical (unpaired) electrons. The summed E-state index contributed by atoms with van der Waals surface area (Å²) >= 11 is 0. The zero-order valence-corrected chi connectivity index (χ0v) is 17.2. The van der Waals surface area contributed by atoms with E-state index in [2.05, 4.69) is 0 Å². The van der Waals surface area contributed by atoms with Crippen LogP contribution in [-0.4, -0.2) is 46.6 Å². The molecule has 0 bridgehead atoms. The van der Waals surface area contributed by atoms with Crippen molar-refractivity contribution in [3.63, 3.8) is 0 Å². The molecule has 0 atom stereocenters. The first-order valence-electron chi connectivity index (χ1n) is 9.78. The van der Waals surface area contributed by atoms with Gasteiger partial charge in [0.15, 0.2) is 10.9 Å². The second-order valence-corrected chi connectivity index (χ2v) is 7.09. The zero-order chi connectivity index (χ0) is 24.4. The molecular formula is C23H16O11. The second-order valence-electron chi connectivity index (χ2n) is 7.09. The van der Waals surface area contributed by atoms with E-state index in [4.69, 9.17) is 28.5 Å². The van der Waals surface area contributed by atoms with Gasteiger partial charge in [-0.1, -0.05) is 12.1 Å². The first kappa shape index (κ1) is 22.6. The van der Waals surface area contributed by atoms with Gasteiger partial charge >= 0.3 is 11.9 Å². The third-order valence-corrected chi connectivity index (χ3v) is 4.72. The number of benzene rings is 2. The Kier molecular flexibility index (Phi) is 6.02. The van der Waals surface area contributed by atoms with Gasteiger partial charge in [-0.2, -0.15) is 0 Å². The van der Waals surface area contributed by atoms with E-state index in [0.29, 0.717) is 0 Å². The van der Waals surface area contributed by atoms with Crippen LogP contribution in [0.1, 0.15) is 21.1 Å². The number of fused-ring (bicyclic) bond motifs is 2. The van der Waals surface area contributed by atoms with Gasteiger partial charge in [-0.05, 0) is 24.3 Å². The van der Waals surface area contributed by atoms with E-state index in [9.17, 15) is 24.3 Å². The standard InChI is InChI=1S/C23H16O11/c24-11(9-31-14-3-1-5-16-20(14)12(25)7-18(33-16)22(27)28)10-32-15-4-2-6-17-21(15)13(26)8-19(34-17)23(29)30/h1-8,11,24H,9-10H2,(H,27,28)(H,29,30)/i18+1,19+1,22+1,23+1. The molecule has 0 saturated heterocycles. The molecule has 0 aliphatic carbocycles. The van der Waals surface area contributed by atoms with Crippen molar-refractivity contribution in [3.8, 4) is 11.5 Å². The summed E-state index contributed by atoms with van der Waals surface area (Å²) in [6.45, 7) is -0.608. The van der Waals surface area contributed by atoms with Gasteiger partial charge in [0.2, 0.25) is 11.5 Å². The molecule has 4 aromatic rings. The van der Waals surface area contributed by atoms with Crippen LogP contribution >= 0.6 is 0 Å². The van der Waals surface area contributed by atoms with Crippen LogP contribution in [0.3, 0.4) is 0 Å². The molecule has 2 aromatic heterocycles. The van der Waals surface area contributed by atoms with Gasteiger partial charge in [0.25, 0.3) is 0 Å². The summed E-state index contributed by atoms with van der Waals surface area (Å²) in [4.78, 5) is 46.8. The highest BCUT2D eigenvalue weighted by atomic mass is 16.5. The number of carbonyl (C=O) groups is 2. The van der Waals surface area contributed by atoms with Crippen molar-refractivity contribution in [2.45, 2.75) is 6.10 Å². The minimum atomic E-state index is -1.39. The van der Waals surface area contributed by atoms with Crippen LogP contribution in [0.15, 0.2) is 67.0 Å². The summed E-state index contributed by atoms with van der Waals surface area (Å²) in [6, 6.07) is 10.4. The Morgan fingerprint density at radius 3 is 1.56 bits per heavy atom. The number of carboxylic acids is 2. The number of aromatic carboxylic acids is 2. The molecule has 0 unspecified atom stereocenters. The van der Waals surface area contributed by atoms with Crippen molar-refractivity contribution in [2.75, 3.05) is 13.2 Å². The van der Waals surface area contributed by atoms with Gasteiger partial charge in [0.1, 0.15) is 52.8 Å². The lowest BCUT2D eigenvalue weighted by Gasteiger charge is -2.15. The Bertz CT molecular complexity index is 1410. The lowest BCUT2D eigenvalue weighted by Crippen LogP contribution is -2.25. The molecule has 2 aromatic carbocycles. The van der Waals surface area contributed by atoms with Crippen molar-refractivity contribution < 1.29 is 43.2 Å². The highest BCUT2D eigenvalue weighted by Crippen LogP contribution is 2.25. The van der Waals surface area contributed by atoms with E-state index in [1.54, 1.807) is 0 Å². The van der Waals surface area contributed by atoms with Crippen LogP contribution in [0.5, 0.6) is 11.5 Å². The maximum atomic E-state index is 12.3. The summed E-state index contributed by atoms with van der Waals surface area (Å²) in [5.41, 5.74) is -1.22. The van der Waals surface area contributed by atoms with Gasteiger partial charge in [0, 0.05) is 12.1 Å². The summed E-state index contributed by atoms with van der Waals surface area (Å²) in [7, 11) is 0. The van der Waals surface area contributed by atoms with Crippen LogP contribution in [0.25, 0.3) is 21.9 Å². The third-order valence-electron chi connectivity index (χ3n) is 4.72. The van der Waals surface area contributed by atoms with Crippen molar-refractivity contribution in [1.82, 2.24) is 0 Å². The number of aliphatic hydroxyl groups excluding tert-OH is 1. The number of ether oxygens (including phenoxy) is 2. The molecule has 11 heteroatoms. The van der Waals surface area contributed by atoms with Crippen LogP contribution in [0.4, 0.5) is 0 Å². The molecule has 2 heterocycles. The normalized spacial score (nSPS) is 11.1. The van der Waals surface area contributed by atoms with Gasteiger partial charge in [-0.15, -0.1) is 0 Å². The van der Waals surface area contributed by atoms with Crippen molar-refractivity contribution in [1.29, 1.82) is 0 Å². The number of hydrogen-bond donors (Lipinski definition) is 3. The molecule has 0 amide bonds. The van der Waals surface area contributed by atoms with E-state index in [1.807, 2.05) is 0 Å². The minimum Gasteiger partial charge on any atom is -0.490 e. The smallest absolute Gasteiger partial charge is 0.371 e. The Morgan fingerprint density at radius 1 is 0.765 bits per heavy atom. The van der Waals surface area contributed by atoms with Crippen molar-refractivity contribution in [2.24, 2.45) is 0 Å². The first-order chi connectivity index (χ1) is 16.2. The molecule has 0 spiro atoms. The summed E-state index contributed by atoms with van der Waals surface area (Å²) in [6.07, 6.45) is -1.19. The average Bonchev–Trinajstić information content (AvgIpc) is 2.80. The molecule has 0 aliphatic rings. The van der Waals surface area contributed by atoms with Gasteiger partial charge in [-0.25, -0.2) is 9.59 Å². The van der Waals surface area contributed by atoms with Gasteiger partial charge < -0.3 is 33.6 Å². The van der Waals surface area contributed by atoms with E-state index in [0.717, 1.165) is 12.1 Å². The molecule has 0 fully saturated rings. The Morgan fingerprint density at radius 2 is 1.18 bits per heavy atom.